The molecule has 0 amide bonds. The molecule has 0 unspecified atom stereocenters. The van der Waals surface area contributed by atoms with Crippen molar-refractivity contribution in [3.05, 3.63) is 46.1 Å². The van der Waals surface area contributed by atoms with Crippen molar-refractivity contribution in [2.45, 2.75) is 26.2 Å². The van der Waals surface area contributed by atoms with Gasteiger partial charge in [0.2, 0.25) is 10.0 Å². The van der Waals surface area contributed by atoms with Crippen LogP contribution in [0.4, 0.5) is 0 Å². The van der Waals surface area contributed by atoms with Crippen molar-refractivity contribution in [3.8, 4) is 11.3 Å². The van der Waals surface area contributed by atoms with Crippen molar-refractivity contribution < 1.29 is 13.2 Å². The van der Waals surface area contributed by atoms with Crippen molar-refractivity contribution in [3.63, 3.8) is 0 Å². The lowest BCUT2D eigenvalue weighted by Crippen LogP contribution is -2.18. The van der Waals surface area contributed by atoms with Crippen LogP contribution < -0.4 is 0 Å². The predicted molar refractivity (Wildman–Crippen MR) is 87.1 cm³/mol. The number of halogens is 1. The molecule has 3 rings (SSSR count). The van der Waals surface area contributed by atoms with Crippen LogP contribution in [0, 0.1) is 6.92 Å². The number of ketones is 1. The molecule has 0 radical (unpaired) electrons. The molecule has 0 fully saturated rings. The highest BCUT2D eigenvalue weighted by molar-refractivity contribution is 7.89. The third-order valence-corrected chi connectivity index (χ3v) is 5.42. The van der Waals surface area contributed by atoms with Crippen LogP contribution in [0.5, 0.6) is 0 Å². The SMILES string of the molecule is Cc1c2c(n(S(C)(=O)=O)c1-c1ccccc1Cl)CCCC2=O. The zero-order chi connectivity index (χ0) is 16.1. The first-order valence-corrected chi connectivity index (χ1v) is 9.28. The highest BCUT2D eigenvalue weighted by Crippen LogP contribution is 2.38. The van der Waals surface area contributed by atoms with Gasteiger partial charge in [-0.2, -0.15) is 0 Å². The number of hydrogen-bond donors (Lipinski definition) is 0. The Balaban J connectivity index is 2.45. The molecule has 4 nitrogen and oxygen atoms in total. The van der Waals surface area contributed by atoms with Gasteiger partial charge in [0.15, 0.2) is 5.78 Å². The van der Waals surface area contributed by atoms with Crippen LogP contribution in [0.3, 0.4) is 0 Å². The number of Topliss-reactive ketones (excluding diaryl/α,β-unsaturated/α-hetero) is 1. The number of hydrogen-bond acceptors (Lipinski definition) is 3. The van der Waals surface area contributed by atoms with E-state index in [4.69, 9.17) is 11.6 Å². The Bertz CT molecular complexity index is 881. The molecule has 0 N–H and O–H groups in total. The Morgan fingerprint density at radius 3 is 2.50 bits per heavy atom. The number of rotatable bonds is 2. The largest absolute Gasteiger partial charge is 0.294 e. The van der Waals surface area contributed by atoms with Crippen LogP contribution in [0.15, 0.2) is 24.3 Å². The monoisotopic (exact) mass is 337 g/mol. The molecule has 1 aliphatic carbocycles. The molecule has 0 spiro atoms. The molecule has 2 aromatic rings. The van der Waals surface area contributed by atoms with Crippen molar-refractivity contribution in [2.75, 3.05) is 6.26 Å². The molecule has 0 atom stereocenters. The van der Waals surface area contributed by atoms with Crippen molar-refractivity contribution in [2.24, 2.45) is 0 Å². The van der Waals surface area contributed by atoms with Gasteiger partial charge in [-0.05, 0) is 31.4 Å². The van der Waals surface area contributed by atoms with Gasteiger partial charge >= 0.3 is 0 Å². The van der Waals surface area contributed by atoms with E-state index < -0.39 is 10.0 Å². The highest BCUT2D eigenvalue weighted by atomic mass is 35.5. The number of fused-ring (bicyclic) bond motifs is 1. The first-order valence-electron chi connectivity index (χ1n) is 7.05. The van der Waals surface area contributed by atoms with Gasteiger partial charge in [0.05, 0.1) is 11.9 Å². The summed E-state index contributed by atoms with van der Waals surface area (Å²) in [7, 11) is -3.54. The summed E-state index contributed by atoms with van der Waals surface area (Å²) in [6.45, 7) is 1.79. The average Bonchev–Trinajstić information content (AvgIpc) is 2.74. The van der Waals surface area contributed by atoms with Gasteiger partial charge < -0.3 is 0 Å². The van der Waals surface area contributed by atoms with E-state index in [-0.39, 0.29) is 5.78 Å². The highest BCUT2D eigenvalue weighted by Gasteiger charge is 2.32. The van der Waals surface area contributed by atoms with Crippen LogP contribution in [-0.2, 0) is 16.4 Å². The quantitative estimate of drug-likeness (QED) is 0.843. The van der Waals surface area contributed by atoms with Crippen LogP contribution in [0.25, 0.3) is 11.3 Å². The summed E-state index contributed by atoms with van der Waals surface area (Å²) in [5.74, 6) is 0.00875. The fraction of sp³-hybridized carbons (Fsp3) is 0.312. The zero-order valence-corrected chi connectivity index (χ0v) is 14.0. The second kappa shape index (κ2) is 5.25. The Hall–Kier alpha value is -1.59. The number of carbonyl (C=O) groups excluding carboxylic acids is 1. The minimum atomic E-state index is -3.54. The summed E-state index contributed by atoms with van der Waals surface area (Å²) in [5.41, 5.74) is 2.97. The summed E-state index contributed by atoms with van der Waals surface area (Å²) in [4.78, 5) is 12.3. The van der Waals surface area contributed by atoms with E-state index in [1.807, 2.05) is 0 Å². The van der Waals surface area contributed by atoms with E-state index >= 15 is 0 Å². The fourth-order valence-corrected chi connectivity index (χ4v) is 4.57. The minimum Gasteiger partial charge on any atom is -0.294 e. The summed E-state index contributed by atoms with van der Waals surface area (Å²) >= 11 is 6.26. The van der Waals surface area contributed by atoms with Gasteiger partial charge in [0.25, 0.3) is 0 Å². The van der Waals surface area contributed by atoms with E-state index in [1.165, 1.54) is 3.97 Å². The molecule has 0 bridgehead atoms. The molecule has 1 aromatic heterocycles. The zero-order valence-electron chi connectivity index (χ0n) is 12.4. The standard InChI is InChI=1S/C16H16ClNO3S/c1-10-15-13(8-5-9-14(15)19)18(22(2,20)21)16(10)11-6-3-4-7-12(11)17/h3-4,6-7H,5,8-9H2,1-2H3. The first-order chi connectivity index (χ1) is 10.3. The Morgan fingerprint density at radius 2 is 1.86 bits per heavy atom. The molecule has 1 aliphatic rings. The average molecular weight is 338 g/mol. The maximum atomic E-state index is 12.3. The lowest BCUT2D eigenvalue weighted by Gasteiger charge is -2.15. The third-order valence-electron chi connectivity index (χ3n) is 4.02. The number of carbonyl (C=O) groups is 1. The lowest BCUT2D eigenvalue weighted by molar-refractivity contribution is 0.0972. The van der Waals surface area contributed by atoms with Crippen molar-refractivity contribution >= 4 is 27.4 Å². The lowest BCUT2D eigenvalue weighted by atomic mass is 9.93. The maximum Gasteiger partial charge on any atom is 0.236 e. The Kier molecular flexibility index (Phi) is 3.65. The second-order valence-corrected chi connectivity index (χ2v) is 7.82. The van der Waals surface area contributed by atoms with E-state index in [2.05, 4.69) is 0 Å². The third kappa shape index (κ3) is 2.29. The van der Waals surface area contributed by atoms with Gasteiger partial charge in [-0.25, -0.2) is 12.4 Å². The minimum absolute atomic E-state index is 0.00875. The van der Waals surface area contributed by atoms with E-state index in [0.717, 1.165) is 6.26 Å². The smallest absolute Gasteiger partial charge is 0.236 e. The molecule has 6 heteroatoms. The van der Waals surface area contributed by atoms with Gasteiger partial charge in [-0.15, -0.1) is 0 Å². The Labute approximate surface area is 134 Å². The summed E-state index contributed by atoms with van der Waals surface area (Å²) < 4.78 is 26.0. The molecule has 1 heterocycles. The van der Waals surface area contributed by atoms with Gasteiger partial charge in [0, 0.05) is 28.3 Å². The summed E-state index contributed by atoms with van der Waals surface area (Å²) in [6, 6.07) is 7.10. The van der Waals surface area contributed by atoms with Crippen molar-refractivity contribution in [1.82, 2.24) is 3.97 Å². The molecule has 1 aromatic carbocycles. The van der Waals surface area contributed by atoms with Gasteiger partial charge in [-0.1, -0.05) is 29.8 Å². The maximum absolute atomic E-state index is 12.3. The van der Waals surface area contributed by atoms with E-state index in [9.17, 15) is 13.2 Å². The number of nitrogens with zero attached hydrogens (tertiary/aromatic N) is 1. The normalized spacial score (nSPS) is 15.0. The fourth-order valence-electron chi connectivity index (χ4n) is 3.19. The number of benzene rings is 1. The van der Waals surface area contributed by atoms with E-state index in [0.29, 0.717) is 52.4 Å². The molecule has 116 valence electrons. The summed E-state index contributed by atoms with van der Waals surface area (Å²) in [6.07, 6.45) is 2.88. The molecule has 22 heavy (non-hydrogen) atoms. The second-order valence-electron chi connectivity index (χ2n) is 5.58. The number of aromatic nitrogens is 1. The molecule has 0 saturated carbocycles. The van der Waals surface area contributed by atoms with Crippen LogP contribution >= 0.6 is 11.6 Å². The topological polar surface area (TPSA) is 56.1 Å². The predicted octanol–water partition coefficient (Wildman–Crippen LogP) is 3.44. The van der Waals surface area contributed by atoms with E-state index in [1.54, 1.807) is 31.2 Å². The Morgan fingerprint density at radius 1 is 1.18 bits per heavy atom. The molecular formula is C16H16ClNO3S. The molecule has 0 aliphatic heterocycles. The van der Waals surface area contributed by atoms with Crippen LogP contribution in [-0.4, -0.2) is 24.4 Å². The molecular weight excluding hydrogens is 322 g/mol. The summed E-state index contributed by atoms with van der Waals surface area (Å²) in [5, 5.41) is 0.470. The molecule has 0 saturated heterocycles. The van der Waals surface area contributed by atoms with Crippen molar-refractivity contribution in [1.29, 1.82) is 0 Å². The van der Waals surface area contributed by atoms with Crippen LogP contribution in [0.2, 0.25) is 5.02 Å². The van der Waals surface area contributed by atoms with Gasteiger partial charge in [-0.3, -0.25) is 4.79 Å². The van der Waals surface area contributed by atoms with Gasteiger partial charge in [0.1, 0.15) is 0 Å². The van der Waals surface area contributed by atoms with Crippen LogP contribution in [0.1, 0.15) is 34.5 Å². The first kappa shape index (κ1) is 15.3.